The zero-order valence-electron chi connectivity index (χ0n) is 20.1. The molecule has 2 aliphatic carbocycles. The van der Waals surface area contributed by atoms with E-state index in [2.05, 4.69) is 31.2 Å². The molecule has 10 nitrogen and oxygen atoms in total. The highest BCUT2D eigenvalue weighted by atomic mass is 16.5. The summed E-state index contributed by atoms with van der Waals surface area (Å²) in [6, 6.07) is 7.87. The van der Waals surface area contributed by atoms with Gasteiger partial charge in [0.1, 0.15) is 23.7 Å². The number of ether oxygens (including phenoxy) is 1. The maximum atomic E-state index is 13.0. The minimum atomic E-state index is 0.0706. The molecule has 2 saturated heterocycles. The number of carbonyl (C=O) groups excluding carboxylic acids is 1. The molecule has 184 valence electrons. The van der Waals surface area contributed by atoms with Crippen molar-refractivity contribution >= 4 is 23.4 Å². The van der Waals surface area contributed by atoms with Gasteiger partial charge in [-0.2, -0.15) is 10.5 Å². The Labute approximate surface area is 209 Å². The van der Waals surface area contributed by atoms with E-state index in [0.29, 0.717) is 60.9 Å². The van der Waals surface area contributed by atoms with Crippen molar-refractivity contribution < 1.29 is 9.53 Å². The summed E-state index contributed by atoms with van der Waals surface area (Å²) in [7, 11) is 0. The summed E-state index contributed by atoms with van der Waals surface area (Å²) in [6.07, 6.45) is 7.40. The van der Waals surface area contributed by atoms with E-state index in [-0.39, 0.29) is 23.7 Å². The third-order valence-corrected chi connectivity index (χ3v) is 7.53. The molecule has 2 saturated carbocycles. The summed E-state index contributed by atoms with van der Waals surface area (Å²) >= 11 is 0. The number of rotatable bonds is 7. The standard InChI is InChI=1S/C26H28N8O2/c27-13-18-11-21(31-26-29-7-5-19(14-28)30-26)24(17-3-4-17)32-25(18)33-8-9-34(22(15-33)16-1-2-16)23(35)12-20-6-10-36-20/h5,7,11,16-17,20,22H,1-4,6,8-10,12,15H2,(H,29,30,31)/t20-,22+/m1/s1. The Morgan fingerprint density at radius 3 is 2.64 bits per heavy atom. The van der Waals surface area contributed by atoms with Gasteiger partial charge in [-0.3, -0.25) is 4.79 Å². The van der Waals surface area contributed by atoms with E-state index in [0.717, 1.165) is 44.4 Å². The molecule has 0 aromatic carbocycles. The van der Waals surface area contributed by atoms with Gasteiger partial charge in [0.15, 0.2) is 0 Å². The van der Waals surface area contributed by atoms with E-state index in [1.807, 2.05) is 12.1 Å². The van der Waals surface area contributed by atoms with Crippen LogP contribution in [0.25, 0.3) is 0 Å². The Morgan fingerprint density at radius 1 is 1.14 bits per heavy atom. The molecule has 0 radical (unpaired) electrons. The predicted molar refractivity (Wildman–Crippen MR) is 130 cm³/mol. The number of hydrogen-bond acceptors (Lipinski definition) is 9. The Balaban J connectivity index is 1.26. The number of carbonyl (C=O) groups is 1. The first-order valence-corrected chi connectivity index (χ1v) is 12.7. The number of nitrogens with zero attached hydrogens (tertiary/aromatic N) is 7. The Hall–Kier alpha value is -3.76. The first kappa shape index (κ1) is 22.7. The molecule has 36 heavy (non-hydrogen) atoms. The van der Waals surface area contributed by atoms with Crippen molar-refractivity contribution in [1.82, 2.24) is 19.9 Å². The fourth-order valence-electron chi connectivity index (χ4n) is 5.16. The molecule has 2 aliphatic heterocycles. The largest absolute Gasteiger partial charge is 0.377 e. The van der Waals surface area contributed by atoms with Crippen molar-refractivity contribution in [2.75, 3.05) is 36.5 Å². The van der Waals surface area contributed by atoms with E-state index in [1.54, 1.807) is 6.07 Å². The van der Waals surface area contributed by atoms with E-state index >= 15 is 0 Å². The van der Waals surface area contributed by atoms with Crippen LogP contribution in [0.15, 0.2) is 18.3 Å². The van der Waals surface area contributed by atoms with Crippen LogP contribution >= 0.6 is 0 Å². The van der Waals surface area contributed by atoms with Crippen LogP contribution in [0.3, 0.4) is 0 Å². The minimum absolute atomic E-state index is 0.0706. The van der Waals surface area contributed by atoms with Gasteiger partial charge in [-0.05, 0) is 50.2 Å². The van der Waals surface area contributed by atoms with Gasteiger partial charge >= 0.3 is 0 Å². The molecule has 4 heterocycles. The van der Waals surface area contributed by atoms with Gasteiger partial charge < -0.3 is 19.9 Å². The lowest BCUT2D eigenvalue weighted by atomic mass is 10.0. The van der Waals surface area contributed by atoms with Crippen LogP contribution in [-0.2, 0) is 9.53 Å². The van der Waals surface area contributed by atoms with E-state index < -0.39 is 0 Å². The average molecular weight is 485 g/mol. The van der Waals surface area contributed by atoms with Crippen molar-refractivity contribution in [2.24, 2.45) is 5.92 Å². The molecule has 6 rings (SSSR count). The van der Waals surface area contributed by atoms with Crippen molar-refractivity contribution in [2.45, 2.75) is 56.6 Å². The average Bonchev–Trinajstić information content (AvgIpc) is 3.79. The number of amides is 1. The van der Waals surface area contributed by atoms with Crippen LogP contribution in [0.4, 0.5) is 17.5 Å². The number of anilines is 3. The molecule has 1 amide bonds. The van der Waals surface area contributed by atoms with Crippen molar-refractivity contribution in [3.05, 3.63) is 35.3 Å². The molecule has 0 bridgehead atoms. The lowest BCUT2D eigenvalue weighted by molar-refractivity contribution is -0.142. The molecular weight excluding hydrogens is 456 g/mol. The Bertz CT molecular complexity index is 1260. The molecule has 2 atom stereocenters. The summed E-state index contributed by atoms with van der Waals surface area (Å²) in [6.45, 7) is 2.72. The molecule has 10 heteroatoms. The van der Waals surface area contributed by atoms with Gasteiger partial charge in [-0.25, -0.2) is 15.0 Å². The van der Waals surface area contributed by atoms with E-state index in [4.69, 9.17) is 15.0 Å². The van der Waals surface area contributed by atoms with Crippen molar-refractivity contribution in [3.8, 4) is 12.1 Å². The van der Waals surface area contributed by atoms with E-state index in [1.165, 1.54) is 6.20 Å². The van der Waals surface area contributed by atoms with Gasteiger partial charge in [0.05, 0.1) is 35.5 Å². The van der Waals surface area contributed by atoms with Crippen LogP contribution in [0.2, 0.25) is 0 Å². The first-order chi connectivity index (χ1) is 17.6. The number of nitriles is 2. The third kappa shape index (κ3) is 4.57. The zero-order valence-corrected chi connectivity index (χ0v) is 20.1. The SMILES string of the molecule is N#Cc1ccnc(Nc2cc(C#N)c(N3CCN(C(=O)C[C@H]4CCO4)[C@H](C4CC4)C3)nc2C2CC2)n1. The molecule has 2 aromatic heterocycles. The normalized spacial score (nSPS) is 23.4. The fourth-order valence-corrected chi connectivity index (χ4v) is 5.16. The van der Waals surface area contributed by atoms with Gasteiger partial charge in [-0.15, -0.1) is 0 Å². The topological polar surface area (TPSA) is 131 Å². The second-order valence-corrected chi connectivity index (χ2v) is 10.1. The minimum Gasteiger partial charge on any atom is -0.377 e. The first-order valence-electron chi connectivity index (χ1n) is 12.7. The lowest BCUT2D eigenvalue weighted by Crippen LogP contribution is -2.57. The molecule has 0 spiro atoms. The van der Waals surface area contributed by atoms with Crippen molar-refractivity contribution in [1.29, 1.82) is 10.5 Å². The lowest BCUT2D eigenvalue weighted by Gasteiger charge is -2.43. The summed E-state index contributed by atoms with van der Waals surface area (Å²) in [5.74, 6) is 2.02. The highest BCUT2D eigenvalue weighted by Gasteiger charge is 2.42. The van der Waals surface area contributed by atoms with Crippen LogP contribution in [-0.4, -0.2) is 64.1 Å². The maximum absolute atomic E-state index is 13.0. The highest BCUT2D eigenvalue weighted by molar-refractivity contribution is 5.78. The van der Waals surface area contributed by atoms with Gasteiger partial charge in [-0.1, -0.05) is 0 Å². The number of nitrogens with one attached hydrogen (secondary N) is 1. The summed E-state index contributed by atoms with van der Waals surface area (Å²) in [4.78, 5) is 30.7. The molecule has 0 unspecified atom stereocenters. The Morgan fingerprint density at radius 2 is 1.97 bits per heavy atom. The molecular formula is C26H28N8O2. The predicted octanol–water partition coefficient (Wildman–Crippen LogP) is 2.84. The zero-order chi connectivity index (χ0) is 24.6. The molecule has 1 N–H and O–H groups in total. The number of hydrogen-bond donors (Lipinski definition) is 1. The van der Waals surface area contributed by atoms with Gasteiger partial charge in [0.2, 0.25) is 11.9 Å². The smallest absolute Gasteiger partial charge is 0.228 e. The number of aromatic nitrogens is 3. The number of pyridine rings is 1. The fraction of sp³-hybridized carbons (Fsp3) is 0.538. The monoisotopic (exact) mass is 484 g/mol. The van der Waals surface area contributed by atoms with Gasteiger partial charge in [0, 0.05) is 38.4 Å². The van der Waals surface area contributed by atoms with Crippen molar-refractivity contribution in [3.63, 3.8) is 0 Å². The number of piperazine rings is 1. The second kappa shape index (κ2) is 9.36. The molecule has 4 fully saturated rings. The summed E-state index contributed by atoms with van der Waals surface area (Å²) in [5, 5.41) is 22.4. The van der Waals surface area contributed by atoms with Crippen LogP contribution in [0.1, 0.15) is 61.4 Å². The highest BCUT2D eigenvalue weighted by Crippen LogP contribution is 2.45. The quantitative estimate of drug-likeness (QED) is 0.630. The summed E-state index contributed by atoms with van der Waals surface area (Å²) < 4.78 is 5.50. The van der Waals surface area contributed by atoms with Gasteiger partial charge in [0.25, 0.3) is 0 Å². The second-order valence-electron chi connectivity index (χ2n) is 10.1. The molecule has 2 aromatic rings. The van der Waals surface area contributed by atoms with Crippen LogP contribution < -0.4 is 10.2 Å². The Kier molecular flexibility index (Phi) is 5.90. The maximum Gasteiger partial charge on any atom is 0.228 e. The summed E-state index contributed by atoms with van der Waals surface area (Å²) in [5.41, 5.74) is 2.36. The molecule has 4 aliphatic rings. The van der Waals surface area contributed by atoms with Crippen LogP contribution in [0, 0.1) is 28.6 Å². The third-order valence-electron chi connectivity index (χ3n) is 7.53. The van der Waals surface area contributed by atoms with Crippen LogP contribution in [0.5, 0.6) is 0 Å². The van der Waals surface area contributed by atoms with E-state index in [9.17, 15) is 10.1 Å².